The number of anilines is 1. The van der Waals surface area contributed by atoms with Crippen molar-refractivity contribution in [3.63, 3.8) is 0 Å². The molecular weight excluding hydrogens is 362 g/mol. The molecule has 5 nitrogen and oxygen atoms in total. The summed E-state index contributed by atoms with van der Waals surface area (Å²) in [7, 11) is 0. The fourth-order valence-electron chi connectivity index (χ4n) is 4.25. The molecule has 3 rings (SSSR count). The van der Waals surface area contributed by atoms with Gasteiger partial charge in [-0.25, -0.2) is 0 Å². The van der Waals surface area contributed by atoms with Gasteiger partial charge in [0.25, 0.3) is 0 Å². The lowest BCUT2D eigenvalue weighted by molar-refractivity contribution is 0.0278. The molecule has 5 heteroatoms. The molecule has 160 valence electrons. The lowest BCUT2D eigenvalue weighted by Gasteiger charge is -2.31. The van der Waals surface area contributed by atoms with Crippen LogP contribution in [-0.2, 0) is 5.60 Å². The van der Waals surface area contributed by atoms with Crippen LogP contribution in [0.4, 0.5) is 5.69 Å². The minimum Gasteiger partial charge on any atom is -0.385 e. The Morgan fingerprint density at radius 3 is 2.38 bits per heavy atom. The van der Waals surface area contributed by atoms with Crippen LogP contribution in [0.3, 0.4) is 0 Å². The van der Waals surface area contributed by atoms with Crippen molar-refractivity contribution in [2.75, 3.05) is 11.9 Å². The average molecular weight is 400 g/mol. The molecule has 1 atom stereocenters. The SMILES string of the molecule is CCCNC(Nc1cc(-c2c(C)noc2C)cc(C(O)(CC)CC)c1C)C1CC1. The molecule has 1 fully saturated rings. The van der Waals surface area contributed by atoms with E-state index in [0.29, 0.717) is 18.8 Å². The Kier molecular flexibility index (Phi) is 6.69. The second kappa shape index (κ2) is 8.88. The predicted octanol–water partition coefficient (Wildman–Crippen LogP) is 5.42. The van der Waals surface area contributed by atoms with E-state index < -0.39 is 5.60 Å². The van der Waals surface area contributed by atoms with Gasteiger partial charge in [-0.3, -0.25) is 5.32 Å². The van der Waals surface area contributed by atoms with E-state index in [1.165, 1.54) is 12.8 Å². The number of rotatable bonds is 10. The summed E-state index contributed by atoms with van der Waals surface area (Å²) in [4.78, 5) is 0. The molecule has 0 spiro atoms. The first-order chi connectivity index (χ1) is 13.8. The van der Waals surface area contributed by atoms with E-state index in [4.69, 9.17) is 4.52 Å². The van der Waals surface area contributed by atoms with Crippen LogP contribution < -0.4 is 10.6 Å². The lowest BCUT2D eigenvalue weighted by Crippen LogP contribution is -2.39. The smallest absolute Gasteiger partial charge is 0.141 e. The molecule has 1 saturated carbocycles. The predicted molar refractivity (Wildman–Crippen MR) is 119 cm³/mol. The Bertz CT molecular complexity index is 815. The first-order valence-electron chi connectivity index (χ1n) is 11.1. The van der Waals surface area contributed by atoms with Gasteiger partial charge in [0.1, 0.15) is 5.76 Å². The Balaban J connectivity index is 2.10. The van der Waals surface area contributed by atoms with Crippen molar-refractivity contribution in [2.45, 2.75) is 85.4 Å². The van der Waals surface area contributed by atoms with E-state index in [9.17, 15) is 5.11 Å². The fraction of sp³-hybridized carbons (Fsp3) is 0.625. The molecule has 29 heavy (non-hydrogen) atoms. The van der Waals surface area contributed by atoms with Crippen LogP contribution in [0.15, 0.2) is 16.7 Å². The standard InChI is InChI=1S/C24H37N3O2/c1-7-12-25-23(18-10-11-18)26-21-14-19(22-16(5)27-29-17(22)6)13-20(15(21)4)24(28,8-2)9-3/h13-14,18,23,25-26,28H,7-12H2,1-6H3. The highest BCUT2D eigenvalue weighted by Crippen LogP contribution is 2.40. The van der Waals surface area contributed by atoms with Crippen LogP contribution in [0.2, 0.25) is 0 Å². The van der Waals surface area contributed by atoms with Crippen molar-refractivity contribution in [3.8, 4) is 11.1 Å². The van der Waals surface area contributed by atoms with Crippen LogP contribution in [0, 0.1) is 26.7 Å². The number of nitrogens with zero attached hydrogens (tertiary/aromatic N) is 1. The number of aryl methyl sites for hydroxylation is 2. The molecule has 0 saturated heterocycles. The third-order valence-electron chi connectivity index (χ3n) is 6.42. The maximum absolute atomic E-state index is 11.4. The van der Waals surface area contributed by atoms with Crippen molar-refractivity contribution in [3.05, 3.63) is 34.7 Å². The largest absolute Gasteiger partial charge is 0.385 e. The van der Waals surface area contributed by atoms with Gasteiger partial charge in [0, 0.05) is 11.3 Å². The van der Waals surface area contributed by atoms with Crippen LogP contribution in [-0.4, -0.2) is 23.0 Å². The van der Waals surface area contributed by atoms with Crippen LogP contribution in [0.5, 0.6) is 0 Å². The van der Waals surface area contributed by atoms with Gasteiger partial charge in [-0.1, -0.05) is 25.9 Å². The minimum absolute atomic E-state index is 0.262. The molecule has 0 aliphatic heterocycles. The van der Waals surface area contributed by atoms with E-state index in [0.717, 1.165) is 52.4 Å². The summed E-state index contributed by atoms with van der Waals surface area (Å²) in [6, 6.07) is 4.33. The Morgan fingerprint density at radius 2 is 1.86 bits per heavy atom. The Morgan fingerprint density at radius 1 is 1.17 bits per heavy atom. The third-order valence-corrected chi connectivity index (χ3v) is 6.42. The summed E-state index contributed by atoms with van der Waals surface area (Å²) in [5.41, 5.74) is 5.30. The van der Waals surface area contributed by atoms with Crippen molar-refractivity contribution in [2.24, 2.45) is 5.92 Å². The summed E-state index contributed by atoms with van der Waals surface area (Å²) in [5.74, 6) is 1.48. The maximum atomic E-state index is 11.4. The molecule has 1 aliphatic carbocycles. The van der Waals surface area contributed by atoms with Crippen molar-refractivity contribution in [1.29, 1.82) is 0 Å². The molecule has 1 aromatic carbocycles. The number of aromatic nitrogens is 1. The molecule has 1 aromatic heterocycles. The molecule has 0 radical (unpaired) electrons. The van der Waals surface area contributed by atoms with Gasteiger partial charge in [-0.05, 0) is 94.2 Å². The summed E-state index contributed by atoms with van der Waals surface area (Å²) in [6.07, 6.45) is 5.25. The molecule has 1 unspecified atom stereocenters. The van der Waals surface area contributed by atoms with Crippen molar-refractivity contribution >= 4 is 5.69 Å². The first-order valence-corrected chi connectivity index (χ1v) is 11.1. The van der Waals surface area contributed by atoms with Crippen LogP contribution in [0.25, 0.3) is 11.1 Å². The van der Waals surface area contributed by atoms with Crippen molar-refractivity contribution < 1.29 is 9.63 Å². The van der Waals surface area contributed by atoms with E-state index in [-0.39, 0.29) is 6.17 Å². The third kappa shape index (κ3) is 4.51. The average Bonchev–Trinajstić information content (AvgIpc) is 3.50. The fourth-order valence-corrected chi connectivity index (χ4v) is 4.25. The van der Waals surface area contributed by atoms with Crippen LogP contribution in [0.1, 0.15) is 75.5 Å². The van der Waals surface area contributed by atoms with Gasteiger partial charge >= 0.3 is 0 Å². The van der Waals surface area contributed by atoms with Gasteiger partial charge in [-0.2, -0.15) is 0 Å². The quantitative estimate of drug-likeness (QED) is 0.465. The number of hydrogen-bond donors (Lipinski definition) is 3. The molecular formula is C24H37N3O2. The topological polar surface area (TPSA) is 70.3 Å². The zero-order valence-electron chi connectivity index (χ0n) is 18.9. The summed E-state index contributed by atoms with van der Waals surface area (Å²) >= 11 is 0. The zero-order valence-corrected chi connectivity index (χ0v) is 18.9. The number of nitrogens with one attached hydrogen (secondary N) is 2. The summed E-state index contributed by atoms with van der Waals surface area (Å²) in [5, 5.41) is 23.0. The van der Waals surface area contributed by atoms with Crippen molar-refractivity contribution in [1.82, 2.24) is 10.5 Å². The molecule has 3 N–H and O–H groups in total. The second-order valence-corrected chi connectivity index (χ2v) is 8.55. The zero-order chi connectivity index (χ0) is 21.2. The molecule has 2 aromatic rings. The van der Waals surface area contributed by atoms with Gasteiger partial charge < -0.3 is 14.9 Å². The van der Waals surface area contributed by atoms with E-state index >= 15 is 0 Å². The van der Waals surface area contributed by atoms with E-state index in [1.807, 2.05) is 13.8 Å². The van der Waals surface area contributed by atoms with Gasteiger partial charge in [0.05, 0.1) is 17.5 Å². The first kappa shape index (κ1) is 21.8. The highest BCUT2D eigenvalue weighted by Gasteiger charge is 2.33. The lowest BCUT2D eigenvalue weighted by atomic mass is 9.83. The second-order valence-electron chi connectivity index (χ2n) is 8.55. The van der Waals surface area contributed by atoms with E-state index in [2.05, 4.69) is 55.6 Å². The van der Waals surface area contributed by atoms with Gasteiger partial charge in [-0.15, -0.1) is 0 Å². The maximum Gasteiger partial charge on any atom is 0.141 e. The van der Waals surface area contributed by atoms with Gasteiger partial charge in [0.15, 0.2) is 0 Å². The summed E-state index contributed by atoms with van der Waals surface area (Å²) < 4.78 is 5.44. The molecule has 0 amide bonds. The van der Waals surface area contributed by atoms with Crippen LogP contribution >= 0.6 is 0 Å². The highest BCUT2D eigenvalue weighted by molar-refractivity contribution is 5.75. The number of hydrogen-bond acceptors (Lipinski definition) is 5. The normalized spacial score (nSPS) is 15.6. The molecule has 0 bridgehead atoms. The number of aliphatic hydroxyl groups is 1. The van der Waals surface area contributed by atoms with E-state index in [1.54, 1.807) is 0 Å². The summed E-state index contributed by atoms with van der Waals surface area (Å²) in [6.45, 7) is 13.3. The number of benzene rings is 1. The minimum atomic E-state index is -0.846. The molecule has 1 aliphatic rings. The Labute approximate surface area is 175 Å². The Hall–Kier alpha value is -1.85. The van der Waals surface area contributed by atoms with Gasteiger partial charge in [0.2, 0.25) is 0 Å². The molecule has 1 heterocycles. The highest BCUT2D eigenvalue weighted by atomic mass is 16.5. The monoisotopic (exact) mass is 399 g/mol.